The Morgan fingerprint density at radius 3 is 2.80 bits per heavy atom. The van der Waals surface area contributed by atoms with Gasteiger partial charge in [-0.3, -0.25) is 0 Å². The molecule has 2 heteroatoms. The number of rotatable bonds is 5. The number of hydrogen-bond acceptors (Lipinski definition) is 2. The van der Waals surface area contributed by atoms with E-state index in [1.54, 1.807) is 0 Å². The van der Waals surface area contributed by atoms with Crippen LogP contribution in [0.2, 0.25) is 0 Å². The zero-order valence-electron chi connectivity index (χ0n) is 6.14. The molecule has 10 heavy (non-hydrogen) atoms. The fourth-order valence-electron chi connectivity index (χ4n) is 0.491. The molecule has 0 fully saturated rings. The standard InChI is InChI=1S/C8H14N2/c1-2-3-7-10-8-5-4-6-9/h3-5,10H,1,6-9H2. The molecular formula is C8H14N2. The lowest BCUT2D eigenvalue weighted by atomic mass is 10.5. The normalized spacial score (nSPS) is 9.70. The van der Waals surface area contributed by atoms with Crippen molar-refractivity contribution in [1.82, 2.24) is 5.32 Å². The van der Waals surface area contributed by atoms with Crippen LogP contribution in [0.15, 0.2) is 30.5 Å². The predicted molar refractivity (Wildman–Crippen MR) is 44.8 cm³/mol. The molecule has 0 unspecified atom stereocenters. The highest BCUT2D eigenvalue weighted by Gasteiger charge is 1.74. The van der Waals surface area contributed by atoms with Crippen molar-refractivity contribution in [2.75, 3.05) is 19.6 Å². The molecule has 0 aromatic heterocycles. The van der Waals surface area contributed by atoms with Gasteiger partial charge in [-0.25, -0.2) is 0 Å². The van der Waals surface area contributed by atoms with E-state index in [9.17, 15) is 0 Å². The largest absolute Gasteiger partial charge is 0.327 e. The molecule has 0 aromatic carbocycles. The first kappa shape index (κ1) is 9.18. The SMILES string of the molecule is C=C=CCNCC=CCN. The Kier molecular flexibility index (Phi) is 7.51. The first-order valence-electron chi connectivity index (χ1n) is 3.32. The van der Waals surface area contributed by atoms with Gasteiger partial charge in [0.2, 0.25) is 0 Å². The van der Waals surface area contributed by atoms with Crippen LogP contribution < -0.4 is 11.1 Å². The average molecular weight is 138 g/mol. The lowest BCUT2D eigenvalue weighted by Crippen LogP contribution is -2.12. The van der Waals surface area contributed by atoms with Crippen LogP contribution in [-0.4, -0.2) is 19.6 Å². The van der Waals surface area contributed by atoms with Crippen LogP contribution in [0, 0.1) is 0 Å². The molecule has 0 atom stereocenters. The van der Waals surface area contributed by atoms with E-state index in [1.807, 2.05) is 18.2 Å². The molecule has 0 aliphatic heterocycles. The molecule has 0 heterocycles. The summed E-state index contributed by atoms with van der Waals surface area (Å²) in [6.07, 6.45) is 5.76. The molecule has 0 amide bonds. The van der Waals surface area contributed by atoms with E-state index < -0.39 is 0 Å². The van der Waals surface area contributed by atoms with Gasteiger partial charge in [0.05, 0.1) is 0 Å². The van der Waals surface area contributed by atoms with Gasteiger partial charge in [0.1, 0.15) is 0 Å². The van der Waals surface area contributed by atoms with Crippen molar-refractivity contribution < 1.29 is 0 Å². The van der Waals surface area contributed by atoms with Crippen molar-refractivity contribution in [1.29, 1.82) is 0 Å². The molecule has 0 saturated heterocycles. The van der Waals surface area contributed by atoms with Crippen LogP contribution in [-0.2, 0) is 0 Å². The molecule has 0 aliphatic carbocycles. The molecule has 56 valence electrons. The maximum Gasteiger partial charge on any atom is 0.0212 e. The third kappa shape index (κ3) is 7.18. The smallest absolute Gasteiger partial charge is 0.0212 e. The first-order valence-corrected chi connectivity index (χ1v) is 3.32. The minimum absolute atomic E-state index is 0.610. The van der Waals surface area contributed by atoms with Gasteiger partial charge in [0.15, 0.2) is 0 Å². The monoisotopic (exact) mass is 138 g/mol. The maximum absolute atomic E-state index is 5.22. The van der Waals surface area contributed by atoms with Crippen LogP contribution in [0.1, 0.15) is 0 Å². The fourth-order valence-corrected chi connectivity index (χ4v) is 0.491. The molecule has 2 nitrogen and oxygen atoms in total. The van der Waals surface area contributed by atoms with E-state index >= 15 is 0 Å². The molecule has 0 aliphatic rings. The highest BCUT2D eigenvalue weighted by Crippen LogP contribution is 1.67. The number of nitrogens with one attached hydrogen (secondary N) is 1. The van der Waals surface area contributed by atoms with Crippen LogP contribution in [0.25, 0.3) is 0 Å². The Hall–Kier alpha value is -0.820. The Morgan fingerprint density at radius 1 is 1.40 bits per heavy atom. The summed E-state index contributed by atoms with van der Waals surface area (Å²) < 4.78 is 0. The lowest BCUT2D eigenvalue weighted by Gasteiger charge is -1.91. The quantitative estimate of drug-likeness (QED) is 0.328. The van der Waals surface area contributed by atoms with Crippen LogP contribution in [0.5, 0.6) is 0 Å². The van der Waals surface area contributed by atoms with Crippen molar-refractivity contribution in [2.24, 2.45) is 5.73 Å². The van der Waals surface area contributed by atoms with Gasteiger partial charge in [0.25, 0.3) is 0 Å². The summed E-state index contributed by atoms with van der Waals surface area (Å²) in [7, 11) is 0. The molecule has 0 bridgehead atoms. The van der Waals surface area contributed by atoms with Gasteiger partial charge in [0, 0.05) is 19.6 Å². The van der Waals surface area contributed by atoms with Gasteiger partial charge in [-0.2, -0.15) is 0 Å². The molecule has 3 N–H and O–H groups in total. The van der Waals surface area contributed by atoms with Crippen molar-refractivity contribution in [3.63, 3.8) is 0 Å². The van der Waals surface area contributed by atoms with Gasteiger partial charge in [-0.05, 0) is 6.08 Å². The minimum atomic E-state index is 0.610. The molecular weight excluding hydrogens is 124 g/mol. The maximum atomic E-state index is 5.22. The van der Waals surface area contributed by atoms with Crippen molar-refractivity contribution in [3.05, 3.63) is 30.5 Å². The average Bonchev–Trinajstić information content (AvgIpc) is 1.97. The minimum Gasteiger partial charge on any atom is -0.327 e. The topological polar surface area (TPSA) is 38.0 Å². The molecule has 0 spiro atoms. The highest BCUT2D eigenvalue weighted by atomic mass is 14.8. The highest BCUT2D eigenvalue weighted by molar-refractivity contribution is 4.86. The Morgan fingerprint density at radius 2 is 2.20 bits per heavy atom. The fraction of sp³-hybridized carbons (Fsp3) is 0.375. The van der Waals surface area contributed by atoms with E-state index in [0.29, 0.717) is 6.54 Å². The third-order valence-corrected chi connectivity index (χ3v) is 0.956. The van der Waals surface area contributed by atoms with Gasteiger partial charge >= 0.3 is 0 Å². The van der Waals surface area contributed by atoms with Gasteiger partial charge in [-0.15, -0.1) is 5.73 Å². The summed E-state index contributed by atoms with van der Waals surface area (Å²) in [6.45, 7) is 5.72. The van der Waals surface area contributed by atoms with Gasteiger partial charge in [-0.1, -0.05) is 18.7 Å². The molecule has 0 radical (unpaired) electrons. The summed E-state index contributed by atoms with van der Waals surface area (Å²) in [6, 6.07) is 0. The van der Waals surface area contributed by atoms with Gasteiger partial charge < -0.3 is 11.1 Å². The third-order valence-electron chi connectivity index (χ3n) is 0.956. The predicted octanol–water partition coefficient (Wildman–Crippen LogP) is 0.432. The van der Waals surface area contributed by atoms with Crippen molar-refractivity contribution in [2.45, 2.75) is 0 Å². The van der Waals surface area contributed by atoms with Crippen molar-refractivity contribution >= 4 is 0 Å². The van der Waals surface area contributed by atoms with Crippen LogP contribution >= 0.6 is 0 Å². The lowest BCUT2D eigenvalue weighted by molar-refractivity contribution is 0.842. The van der Waals surface area contributed by atoms with E-state index in [-0.39, 0.29) is 0 Å². The van der Waals surface area contributed by atoms with Crippen LogP contribution in [0.3, 0.4) is 0 Å². The second kappa shape index (κ2) is 8.18. The van der Waals surface area contributed by atoms with E-state index in [0.717, 1.165) is 13.1 Å². The molecule has 0 rings (SSSR count). The Balaban J connectivity index is 3.04. The summed E-state index contributed by atoms with van der Waals surface area (Å²) in [4.78, 5) is 0. The molecule has 0 saturated carbocycles. The second-order valence-electron chi connectivity index (χ2n) is 1.77. The van der Waals surface area contributed by atoms with E-state index in [2.05, 4.69) is 17.6 Å². The van der Waals surface area contributed by atoms with E-state index in [1.165, 1.54) is 0 Å². The summed E-state index contributed by atoms with van der Waals surface area (Å²) in [5.41, 5.74) is 7.90. The zero-order chi connectivity index (χ0) is 7.66. The molecule has 0 aromatic rings. The van der Waals surface area contributed by atoms with E-state index in [4.69, 9.17) is 5.73 Å². The summed E-state index contributed by atoms with van der Waals surface area (Å²) in [5, 5.41) is 3.12. The summed E-state index contributed by atoms with van der Waals surface area (Å²) in [5.74, 6) is 0. The van der Waals surface area contributed by atoms with Crippen molar-refractivity contribution in [3.8, 4) is 0 Å². The Labute approximate surface area is 62.1 Å². The summed E-state index contributed by atoms with van der Waals surface area (Å²) >= 11 is 0. The van der Waals surface area contributed by atoms with Crippen LogP contribution in [0.4, 0.5) is 0 Å². The number of hydrogen-bond donors (Lipinski definition) is 2. The second-order valence-corrected chi connectivity index (χ2v) is 1.77. The zero-order valence-corrected chi connectivity index (χ0v) is 6.14. The first-order chi connectivity index (χ1) is 4.91. The number of nitrogens with two attached hydrogens (primary N) is 1. The Bertz CT molecular complexity index is 132.